The molecule has 2 rings (SSSR count). The van der Waals surface area contributed by atoms with Crippen LogP contribution < -0.4 is 10.6 Å². The third kappa shape index (κ3) is 4.54. The third-order valence-corrected chi connectivity index (χ3v) is 3.99. The summed E-state index contributed by atoms with van der Waals surface area (Å²) in [5.74, 6) is 1.64. The van der Waals surface area contributed by atoms with Gasteiger partial charge in [-0.05, 0) is 27.4 Å². The molecule has 118 valence electrons. The van der Waals surface area contributed by atoms with E-state index in [0.717, 1.165) is 50.5 Å². The van der Waals surface area contributed by atoms with Gasteiger partial charge in [-0.3, -0.25) is 4.90 Å². The molecule has 0 aliphatic carbocycles. The molecule has 1 unspecified atom stereocenters. The normalized spacial score (nSPS) is 20.5. The van der Waals surface area contributed by atoms with Crippen molar-refractivity contribution in [2.45, 2.75) is 26.3 Å². The molecule has 21 heavy (non-hydrogen) atoms. The highest BCUT2D eigenvalue weighted by molar-refractivity contribution is 5.46. The van der Waals surface area contributed by atoms with Crippen molar-refractivity contribution in [3.63, 3.8) is 0 Å². The molecule has 1 aliphatic heterocycles. The second-order valence-electron chi connectivity index (χ2n) is 5.93. The van der Waals surface area contributed by atoms with Crippen LogP contribution >= 0.6 is 0 Å². The van der Waals surface area contributed by atoms with E-state index >= 15 is 0 Å². The first kappa shape index (κ1) is 16.0. The number of hydrogen-bond donors (Lipinski definition) is 2. The zero-order chi connectivity index (χ0) is 15.2. The number of piperazine rings is 1. The van der Waals surface area contributed by atoms with Crippen LogP contribution in [-0.4, -0.2) is 72.6 Å². The molecule has 0 aromatic carbocycles. The largest absolute Gasteiger partial charge is 0.368 e. The van der Waals surface area contributed by atoms with E-state index in [1.807, 2.05) is 13.1 Å². The van der Waals surface area contributed by atoms with E-state index in [0.29, 0.717) is 12.0 Å². The van der Waals surface area contributed by atoms with Crippen LogP contribution in [0.25, 0.3) is 0 Å². The minimum atomic E-state index is 0.519. The number of anilines is 2. The van der Waals surface area contributed by atoms with Crippen molar-refractivity contribution in [3.05, 3.63) is 11.8 Å². The highest BCUT2D eigenvalue weighted by Crippen LogP contribution is 2.14. The van der Waals surface area contributed by atoms with Crippen molar-refractivity contribution in [2.24, 2.45) is 0 Å². The molecule has 1 aromatic rings. The molecule has 1 saturated heterocycles. The van der Waals surface area contributed by atoms with Crippen molar-refractivity contribution in [1.29, 1.82) is 0 Å². The van der Waals surface area contributed by atoms with Gasteiger partial charge in [0.25, 0.3) is 0 Å². The minimum absolute atomic E-state index is 0.519. The average Bonchev–Trinajstić information content (AvgIpc) is 2.48. The Bertz CT molecular complexity index is 450. The lowest BCUT2D eigenvalue weighted by Crippen LogP contribution is -2.52. The standard InChI is InChI=1S/C15H28N6/c1-5-6-16-15-18-9-12(2)14(19-15)17-10-13-11-20(3)7-8-21(13)4/h9,13H,5-8,10-11H2,1-4H3,(H2,16,17,18,19). The fourth-order valence-electron chi connectivity index (χ4n) is 2.48. The van der Waals surface area contributed by atoms with E-state index in [9.17, 15) is 0 Å². The SMILES string of the molecule is CCCNc1ncc(C)c(NCC2CN(C)CCN2C)n1. The molecule has 2 heterocycles. The molecular formula is C15H28N6. The first-order valence-electron chi connectivity index (χ1n) is 7.80. The Morgan fingerprint density at radius 3 is 2.86 bits per heavy atom. The maximum absolute atomic E-state index is 4.57. The number of aromatic nitrogens is 2. The van der Waals surface area contributed by atoms with Gasteiger partial charge in [-0.25, -0.2) is 4.98 Å². The van der Waals surface area contributed by atoms with Gasteiger partial charge in [0.15, 0.2) is 0 Å². The van der Waals surface area contributed by atoms with E-state index in [4.69, 9.17) is 0 Å². The molecule has 1 aliphatic rings. The predicted octanol–water partition coefficient (Wildman–Crippen LogP) is 1.26. The van der Waals surface area contributed by atoms with Crippen LogP contribution in [0, 0.1) is 6.92 Å². The molecule has 1 fully saturated rings. The fourth-order valence-corrected chi connectivity index (χ4v) is 2.48. The second kappa shape index (κ2) is 7.56. The Balaban J connectivity index is 1.95. The maximum atomic E-state index is 4.57. The average molecular weight is 292 g/mol. The number of rotatable bonds is 6. The lowest BCUT2D eigenvalue weighted by Gasteiger charge is -2.37. The van der Waals surface area contributed by atoms with Gasteiger partial charge in [0.1, 0.15) is 5.82 Å². The summed E-state index contributed by atoms with van der Waals surface area (Å²) in [5, 5.41) is 6.73. The topological polar surface area (TPSA) is 56.3 Å². The Morgan fingerprint density at radius 2 is 2.10 bits per heavy atom. The smallest absolute Gasteiger partial charge is 0.224 e. The van der Waals surface area contributed by atoms with E-state index in [-0.39, 0.29) is 0 Å². The maximum Gasteiger partial charge on any atom is 0.224 e. The van der Waals surface area contributed by atoms with Gasteiger partial charge in [-0.2, -0.15) is 4.98 Å². The van der Waals surface area contributed by atoms with Gasteiger partial charge >= 0.3 is 0 Å². The van der Waals surface area contributed by atoms with Crippen molar-refractivity contribution < 1.29 is 0 Å². The van der Waals surface area contributed by atoms with Crippen molar-refractivity contribution in [3.8, 4) is 0 Å². The van der Waals surface area contributed by atoms with Gasteiger partial charge in [0, 0.05) is 50.5 Å². The van der Waals surface area contributed by atoms with Crippen LogP contribution in [0.2, 0.25) is 0 Å². The van der Waals surface area contributed by atoms with E-state index in [1.54, 1.807) is 0 Å². The Labute approximate surface area is 127 Å². The molecular weight excluding hydrogens is 264 g/mol. The van der Waals surface area contributed by atoms with Crippen LogP contribution in [0.4, 0.5) is 11.8 Å². The van der Waals surface area contributed by atoms with Crippen molar-refractivity contribution >= 4 is 11.8 Å². The fraction of sp³-hybridized carbons (Fsp3) is 0.733. The van der Waals surface area contributed by atoms with Crippen LogP contribution in [-0.2, 0) is 0 Å². The zero-order valence-electron chi connectivity index (χ0n) is 13.7. The number of likely N-dealkylation sites (N-methyl/N-ethyl adjacent to an activating group) is 2. The van der Waals surface area contributed by atoms with Crippen molar-refractivity contribution in [1.82, 2.24) is 19.8 Å². The minimum Gasteiger partial charge on any atom is -0.368 e. The molecule has 6 heteroatoms. The lowest BCUT2D eigenvalue weighted by molar-refractivity contribution is 0.122. The number of nitrogens with zero attached hydrogens (tertiary/aromatic N) is 4. The summed E-state index contributed by atoms with van der Waals surface area (Å²) in [6.07, 6.45) is 2.95. The first-order valence-corrected chi connectivity index (χ1v) is 7.80. The number of nitrogens with one attached hydrogen (secondary N) is 2. The summed E-state index contributed by atoms with van der Waals surface area (Å²) in [7, 11) is 4.38. The Morgan fingerprint density at radius 1 is 1.29 bits per heavy atom. The summed E-state index contributed by atoms with van der Waals surface area (Å²) in [5.41, 5.74) is 1.09. The van der Waals surface area contributed by atoms with Crippen molar-refractivity contribution in [2.75, 3.05) is 57.5 Å². The quantitative estimate of drug-likeness (QED) is 0.823. The van der Waals surface area contributed by atoms with Gasteiger partial charge in [0.05, 0.1) is 0 Å². The van der Waals surface area contributed by atoms with Gasteiger partial charge in [-0.1, -0.05) is 6.92 Å². The molecule has 0 saturated carbocycles. The molecule has 1 aromatic heterocycles. The number of aryl methyl sites for hydroxylation is 1. The summed E-state index contributed by atoms with van der Waals surface area (Å²) in [6.45, 7) is 9.34. The van der Waals surface area contributed by atoms with Crippen LogP contribution in [0.1, 0.15) is 18.9 Å². The molecule has 1 atom stereocenters. The monoisotopic (exact) mass is 292 g/mol. The summed E-state index contributed by atoms with van der Waals surface area (Å²) < 4.78 is 0. The first-order chi connectivity index (χ1) is 10.1. The van der Waals surface area contributed by atoms with E-state index < -0.39 is 0 Å². The summed E-state index contributed by atoms with van der Waals surface area (Å²) in [4.78, 5) is 13.7. The summed E-state index contributed by atoms with van der Waals surface area (Å²) >= 11 is 0. The zero-order valence-corrected chi connectivity index (χ0v) is 13.7. The van der Waals surface area contributed by atoms with Crippen LogP contribution in [0.15, 0.2) is 6.20 Å². The third-order valence-electron chi connectivity index (χ3n) is 3.99. The predicted molar refractivity (Wildman–Crippen MR) is 88.0 cm³/mol. The number of hydrogen-bond acceptors (Lipinski definition) is 6. The molecule has 2 N–H and O–H groups in total. The molecule has 0 radical (unpaired) electrons. The molecule has 0 amide bonds. The van der Waals surface area contributed by atoms with Gasteiger partial charge < -0.3 is 15.5 Å². The highest BCUT2D eigenvalue weighted by atomic mass is 15.3. The molecule has 0 spiro atoms. The van der Waals surface area contributed by atoms with Crippen LogP contribution in [0.5, 0.6) is 0 Å². The van der Waals surface area contributed by atoms with E-state index in [2.05, 4.69) is 51.4 Å². The lowest BCUT2D eigenvalue weighted by atomic mass is 10.2. The Hall–Kier alpha value is -1.40. The van der Waals surface area contributed by atoms with Gasteiger partial charge in [-0.15, -0.1) is 0 Å². The molecule has 6 nitrogen and oxygen atoms in total. The Kier molecular flexibility index (Phi) is 5.76. The van der Waals surface area contributed by atoms with E-state index in [1.165, 1.54) is 0 Å². The highest BCUT2D eigenvalue weighted by Gasteiger charge is 2.22. The molecule has 0 bridgehead atoms. The van der Waals surface area contributed by atoms with Gasteiger partial charge in [0.2, 0.25) is 5.95 Å². The van der Waals surface area contributed by atoms with Crippen LogP contribution in [0.3, 0.4) is 0 Å². The second-order valence-corrected chi connectivity index (χ2v) is 5.93. The summed E-state index contributed by atoms with van der Waals surface area (Å²) in [6, 6.07) is 0.519.